The number of piperidine rings is 1. The Morgan fingerprint density at radius 2 is 2.21 bits per heavy atom. The molecule has 2 rings (SSSR count). The van der Waals surface area contributed by atoms with Crippen LogP contribution in [0.3, 0.4) is 0 Å². The molecule has 2 heterocycles. The summed E-state index contributed by atoms with van der Waals surface area (Å²) in [6.45, 7) is 4.41. The molecule has 3 N–H and O–H groups in total. The third kappa shape index (κ3) is 2.58. The molecule has 1 aliphatic rings. The van der Waals surface area contributed by atoms with Crippen LogP contribution >= 0.6 is 0 Å². The molecular weight excluding hydrogens is 248 g/mol. The zero-order valence-electron chi connectivity index (χ0n) is 11.1. The number of aryl methyl sites for hydroxylation is 1. The van der Waals surface area contributed by atoms with Crippen molar-refractivity contribution in [2.24, 2.45) is 5.84 Å². The minimum absolute atomic E-state index is 0.0345. The van der Waals surface area contributed by atoms with E-state index in [1.165, 1.54) is 0 Å². The Morgan fingerprint density at radius 3 is 2.79 bits per heavy atom. The summed E-state index contributed by atoms with van der Waals surface area (Å²) in [5.74, 6) is 5.88. The molecule has 0 saturated carbocycles. The van der Waals surface area contributed by atoms with Crippen molar-refractivity contribution in [2.75, 3.05) is 16.9 Å². The van der Waals surface area contributed by atoms with Gasteiger partial charge in [-0.15, -0.1) is 0 Å². The van der Waals surface area contributed by atoms with Crippen LogP contribution in [0.15, 0.2) is 0 Å². The summed E-state index contributed by atoms with van der Waals surface area (Å²) in [5.41, 5.74) is 2.64. The standard InChI is InChI=1S/C11H18N6O2/c1-7-5-3-4-6-16(7)10-9(17(18)19)8(2)13-11(14-10)15-12/h7H,3-6,12H2,1-2H3,(H,13,14,15). The van der Waals surface area contributed by atoms with Crippen LogP contribution in [0.25, 0.3) is 0 Å². The summed E-state index contributed by atoms with van der Waals surface area (Å²) in [6.07, 6.45) is 3.15. The smallest absolute Gasteiger partial charge is 0.332 e. The van der Waals surface area contributed by atoms with Crippen LogP contribution in [0.2, 0.25) is 0 Å². The molecule has 19 heavy (non-hydrogen) atoms. The van der Waals surface area contributed by atoms with Gasteiger partial charge in [-0.3, -0.25) is 15.5 Å². The van der Waals surface area contributed by atoms with Crippen LogP contribution in [0.4, 0.5) is 17.5 Å². The maximum atomic E-state index is 11.2. The summed E-state index contributed by atoms with van der Waals surface area (Å²) in [7, 11) is 0. The van der Waals surface area contributed by atoms with Gasteiger partial charge in [0.05, 0.1) is 4.92 Å². The number of hydrazine groups is 1. The average molecular weight is 266 g/mol. The first kappa shape index (κ1) is 13.5. The van der Waals surface area contributed by atoms with Gasteiger partial charge in [-0.25, -0.2) is 10.8 Å². The van der Waals surface area contributed by atoms with E-state index in [9.17, 15) is 10.1 Å². The van der Waals surface area contributed by atoms with Crippen molar-refractivity contribution >= 4 is 17.5 Å². The summed E-state index contributed by atoms with van der Waals surface area (Å²) >= 11 is 0. The lowest BCUT2D eigenvalue weighted by Crippen LogP contribution is -2.38. The largest absolute Gasteiger partial charge is 0.348 e. The maximum absolute atomic E-state index is 11.2. The van der Waals surface area contributed by atoms with Gasteiger partial charge in [0.2, 0.25) is 11.8 Å². The van der Waals surface area contributed by atoms with Crippen molar-refractivity contribution in [3.63, 3.8) is 0 Å². The second-order valence-electron chi connectivity index (χ2n) is 4.74. The van der Waals surface area contributed by atoms with E-state index in [2.05, 4.69) is 22.3 Å². The van der Waals surface area contributed by atoms with E-state index in [1.54, 1.807) is 6.92 Å². The SMILES string of the molecule is Cc1nc(NN)nc(N2CCCCC2C)c1[N+](=O)[O-]. The van der Waals surface area contributed by atoms with Crippen molar-refractivity contribution in [1.82, 2.24) is 9.97 Å². The van der Waals surface area contributed by atoms with Gasteiger partial charge in [0.1, 0.15) is 5.69 Å². The number of nitrogen functional groups attached to an aromatic ring is 1. The highest BCUT2D eigenvalue weighted by molar-refractivity contribution is 5.63. The molecule has 0 bridgehead atoms. The first-order valence-corrected chi connectivity index (χ1v) is 6.31. The van der Waals surface area contributed by atoms with Gasteiger partial charge in [-0.2, -0.15) is 4.98 Å². The molecule has 0 aliphatic carbocycles. The van der Waals surface area contributed by atoms with E-state index in [-0.39, 0.29) is 17.7 Å². The van der Waals surface area contributed by atoms with Gasteiger partial charge in [0.25, 0.3) is 0 Å². The Bertz CT molecular complexity index is 492. The first-order valence-electron chi connectivity index (χ1n) is 6.31. The minimum atomic E-state index is -0.424. The molecule has 1 aromatic rings. The molecule has 1 atom stereocenters. The highest BCUT2D eigenvalue weighted by atomic mass is 16.6. The number of aromatic nitrogens is 2. The topological polar surface area (TPSA) is 110 Å². The Hall–Kier alpha value is -1.96. The predicted octanol–water partition coefficient (Wildman–Crippen LogP) is 1.36. The zero-order valence-corrected chi connectivity index (χ0v) is 11.1. The van der Waals surface area contributed by atoms with E-state index in [0.29, 0.717) is 11.5 Å². The van der Waals surface area contributed by atoms with E-state index in [0.717, 1.165) is 25.8 Å². The van der Waals surface area contributed by atoms with E-state index in [4.69, 9.17) is 5.84 Å². The Kier molecular flexibility index (Phi) is 3.79. The minimum Gasteiger partial charge on any atom is -0.348 e. The van der Waals surface area contributed by atoms with Gasteiger partial charge >= 0.3 is 5.69 Å². The lowest BCUT2D eigenvalue weighted by Gasteiger charge is -2.34. The second-order valence-corrected chi connectivity index (χ2v) is 4.74. The highest BCUT2D eigenvalue weighted by Gasteiger charge is 2.30. The Morgan fingerprint density at radius 1 is 1.47 bits per heavy atom. The summed E-state index contributed by atoms with van der Waals surface area (Å²) < 4.78 is 0. The van der Waals surface area contributed by atoms with Crippen LogP contribution in [0, 0.1) is 17.0 Å². The molecule has 1 unspecified atom stereocenters. The quantitative estimate of drug-likeness (QED) is 0.482. The number of nitrogens with zero attached hydrogens (tertiary/aromatic N) is 4. The number of anilines is 2. The highest BCUT2D eigenvalue weighted by Crippen LogP contribution is 2.33. The molecular formula is C11H18N6O2. The third-order valence-corrected chi connectivity index (χ3v) is 3.43. The van der Waals surface area contributed by atoms with Crippen molar-refractivity contribution in [3.8, 4) is 0 Å². The lowest BCUT2D eigenvalue weighted by molar-refractivity contribution is -0.385. The Balaban J connectivity index is 2.52. The van der Waals surface area contributed by atoms with Crippen LogP contribution in [-0.2, 0) is 0 Å². The van der Waals surface area contributed by atoms with Gasteiger partial charge in [0.15, 0.2) is 0 Å². The average Bonchev–Trinajstić information content (AvgIpc) is 2.37. The molecule has 0 amide bonds. The molecule has 1 fully saturated rings. The van der Waals surface area contributed by atoms with Gasteiger partial charge in [-0.05, 0) is 33.1 Å². The number of nitrogens with one attached hydrogen (secondary N) is 1. The third-order valence-electron chi connectivity index (χ3n) is 3.43. The fourth-order valence-electron chi connectivity index (χ4n) is 2.44. The summed E-state index contributed by atoms with van der Waals surface area (Å²) in [5, 5.41) is 11.2. The molecule has 0 aromatic carbocycles. The molecule has 1 saturated heterocycles. The number of nitro groups is 1. The van der Waals surface area contributed by atoms with Crippen LogP contribution in [-0.4, -0.2) is 27.5 Å². The zero-order chi connectivity index (χ0) is 14.0. The van der Waals surface area contributed by atoms with Crippen molar-refractivity contribution in [1.29, 1.82) is 0 Å². The number of rotatable bonds is 3. The lowest BCUT2D eigenvalue weighted by atomic mass is 10.0. The van der Waals surface area contributed by atoms with Crippen LogP contribution in [0.1, 0.15) is 31.9 Å². The van der Waals surface area contributed by atoms with Gasteiger partial charge in [-0.1, -0.05) is 0 Å². The maximum Gasteiger partial charge on any atom is 0.332 e. The number of hydrogen-bond donors (Lipinski definition) is 2. The van der Waals surface area contributed by atoms with Crippen molar-refractivity contribution < 1.29 is 4.92 Å². The molecule has 0 spiro atoms. The number of hydrogen-bond acceptors (Lipinski definition) is 7. The molecule has 0 radical (unpaired) electrons. The summed E-state index contributed by atoms with van der Waals surface area (Å²) in [4.78, 5) is 20.9. The Labute approximate surface area is 111 Å². The van der Waals surface area contributed by atoms with Crippen LogP contribution < -0.4 is 16.2 Å². The van der Waals surface area contributed by atoms with E-state index < -0.39 is 4.92 Å². The first-order chi connectivity index (χ1) is 9.04. The molecule has 1 aliphatic heterocycles. The molecule has 104 valence electrons. The van der Waals surface area contributed by atoms with Crippen LogP contribution in [0.5, 0.6) is 0 Å². The molecule has 8 nitrogen and oxygen atoms in total. The van der Waals surface area contributed by atoms with Gasteiger partial charge in [0, 0.05) is 12.6 Å². The normalized spacial score (nSPS) is 19.3. The number of nitrogens with two attached hydrogens (primary N) is 1. The van der Waals surface area contributed by atoms with Gasteiger partial charge < -0.3 is 4.90 Å². The predicted molar refractivity (Wildman–Crippen MR) is 71.9 cm³/mol. The van der Waals surface area contributed by atoms with E-state index in [1.807, 2.05) is 4.90 Å². The molecule has 1 aromatic heterocycles. The second kappa shape index (κ2) is 5.35. The van der Waals surface area contributed by atoms with Crippen molar-refractivity contribution in [3.05, 3.63) is 15.8 Å². The molecule has 8 heteroatoms. The van der Waals surface area contributed by atoms with E-state index >= 15 is 0 Å². The monoisotopic (exact) mass is 266 g/mol. The summed E-state index contributed by atoms with van der Waals surface area (Å²) in [6, 6.07) is 0.229. The fraction of sp³-hybridized carbons (Fsp3) is 0.636. The fourth-order valence-corrected chi connectivity index (χ4v) is 2.44. The van der Waals surface area contributed by atoms with Crippen molar-refractivity contribution in [2.45, 2.75) is 39.2 Å².